The number of aryl methyl sites for hydroxylation is 2. The van der Waals surface area contributed by atoms with E-state index in [1.165, 1.54) is 11.1 Å². The maximum atomic E-state index is 5.22. The predicted octanol–water partition coefficient (Wildman–Crippen LogP) is 3.00. The van der Waals surface area contributed by atoms with Crippen LogP contribution in [0.3, 0.4) is 0 Å². The number of nitrogens with zero attached hydrogens (tertiary/aromatic N) is 1. The molecule has 0 spiro atoms. The summed E-state index contributed by atoms with van der Waals surface area (Å²) in [5.41, 5.74) is 4.50. The molecule has 0 amide bonds. The first-order chi connectivity index (χ1) is 7.20. The zero-order valence-electron chi connectivity index (χ0n) is 9.16. The Morgan fingerprint density at radius 1 is 1.20 bits per heavy atom. The van der Waals surface area contributed by atoms with Gasteiger partial charge in [0, 0.05) is 12.6 Å². The number of hydrogen-bond acceptors (Lipinski definition) is 3. The van der Waals surface area contributed by atoms with Crippen molar-refractivity contribution >= 4 is 6.01 Å². The first-order valence-electron chi connectivity index (χ1n) is 4.91. The van der Waals surface area contributed by atoms with Gasteiger partial charge in [-0.1, -0.05) is 12.1 Å². The molecule has 0 unspecified atom stereocenters. The molecule has 0 saturated carbocycles. The number of aromatic nitrogens is 1. The highest BCUT2D eigenvalue weighted by Crippen LogP contribution is 2.22. The van der Waals surface area contributed by atoms with E-state index < -0.39 is 0 Å². The second-order valence-electron chi connectivity index (χ2n) is 3.59. The van der Waals surface area contributed by atoms with Gasteiger partial charge in [0.15, 0.2) is 0 Å². The Morgan fingerprint density at radius 3 is 2.60 bits per heavy atom. The minimum atomic E-state index is 0.545. The summed E-state index contributed by atoms with van der Waals surface area (Å²) in [6.45, 7) is 4.19. The summed E-state index contributed by atoms with van der Waals surface area (Å²) in [6, 6.07) is 6.81. The minimum absolute atomic E-state index is 0.545. The van der Waals surface area contributed by atoms with Crippen molar-refractivity contribution in [3.63, 3.8) is 0 Å². The molecule has 78 valence electrons. The summed E-state index contributed by atoms with van der Waals surface area (Å²) in [5.74, 6) is 0. The standard InChI is InChI=1S/C12H14N2O/c1-8-4-5-10(6-9(8)2)11-7-15-12(13-3)14-11/h4-7H,1-3H3,(H,13,14). The highest BCUT2D eigenvalue weighted by Gasteiger charge is 2.05. The van der Waals surface area contributed by atoms with Crippen LogP contribution in [0.15, 0.2) is 28.9 Å². The topological polar surface area (TPSA) is 38.1 Å². The lowest BCUT2D eigenvalue weighted by Crippen LogP contribution is -1.87. The van der Waals surface area contributed by atoms with Gasteiger partial charge in [-0.05, 0) is 31.0 Å². The minimum Gasteiger partial charge on any atom is -0.432 e. The van der Waals surface area contributed by atoms with Crippen LogP contribution < -0.4 is 5.32 Å². The van der Waals surface area contributed by atoms with Gasteiger partial charge >= 0.3 is 0 Å². The number of anilines is 1. The molecule has 0 aliphatic heterocycles. The molecule has 0 atom stereocenters. The summed E-state index contributed by atoms with van der Waals surface area (Å²) in [5, 5.41) is 2.87. The number of rotatable bonds is 2. The molecule has 15 heavy (non-hydrogen) atoms. The van der Waals surface area contributed by atoms with Crippen LogP contribution in [0.4, 0.5) is 6.01 Å². The van der Waals surface area contributed by atoms with Crippen molar-refractivity contribution in [1.29, 1.82) is 0 Å². The molecule has 1 aromatic carbocycles. The van der Waals surface area contributed by atoms with Gasteiger partial charge in [0.1, 0.15) is 12.0 Å². The first kappa shape index (κ1) is 9.77. The van der Waals surface area contributed by atoms with Gasteiger partial charge in [0.05, 0.1) is 0 Å². The zero-order chi connectivity index (χ0) is 10.8. The molecule has 2 aromatic rings. The van der Waals surface area contributed by atoms with Gasteiger partial charge in [-0.15, -0.1) is 0 Å². The molecule has 0 fully saturated rings. The molecule has 3 nitrogen and oxygen atoms in total. The highest BCUT2D eigenvalue weighted by atomic mass is 16.4. The molecule has 2 rings (SSSR count). The molecule has 0 bridgehead atoms. The number of nitrogens with one attached hydrogen (secondary N) is 1. The molecule has 1 heterocycles. The van der Waals surface area contributed by atoms with E-state index >= 15 is 0 Å². The van der Waals surface area contributed by atoms with Crippen LogP contribution >= 0.6 is 0 Å². The zero-order valence-corrected chi connectivity index (χ0v) is 9.16. The monoisotopic (exact) mass is 202 g/mol. The van der Waals surface area contributed by atoms with Crippen LogP contribution in [0.5, 0.6) is 0 Å². The Hall–Kier alpha value is -1.77. The predicted molar refractivity (Wildman–Crippen MR) is 61.0 cm³/mol. The average molecular weight is 202 g/mol. The van der Waals surface area contributed by atoms with E-state index in [2.05, 4.69) is 42.3 Å². The Morgan fingerprint density at radius 2 is 2.00 bits per heavy atom. The fourth-order valence-corrected chi connectivity index (χ4v) is 1.42. The van der Waals surface area contributed by atoms with Crippen LogP contribution in [-0.4, -0.2) is 12.0 Å². The Labute approximate surface area is 89.1 Å². The van der Waals surface area contributed by atoms with Crippen molar-refractivity contribution < 1.29 is 4.42 Å². The SMILES string of the molecule is CNc1nc(-c2ccc(C)c(C)c2)co1. The van der Waals surface area contributed by atoms with E-state index in [0.717, 1.165) is 11.3 Å². The number of hydrogen-bond donors (Lipinski definition) is 1. The van der Waals surface area contributed by atoms with Gasteiger partial charge in [0.25, 0.3) is 6.01 Å². The largest absolute Gasteiger partial charge is 0.432 e. The first-order valence-corrected chi connectivity index (χ1v) is 4.91. The second kappa shape index (κ2) is 3.77. The summed E-state index contributed by atoms with van der Waals surface area (Å²) >= 11 is 0. The average Bonchev–Trinajstić information content (AvgIpc) is 2.70. The highest BCUT2D eigenvalue weighted by molar-refractivity contribution is 5.61. The van der Waals surface area contributed by atoms with Crippen LogP contribution in [0.1, 0.15) is 11.1 Å². The molecular weight excluding hydrogens is 188 g/mol. The Kier molecular flexibility index (Phi) is 2.46. The van der Waals surface area contributed by atoms with E-state index in [1.807, 2.05) is 0 Å². The van der Waals surface area contributed by atoms with Gasteiger partial charge in [0.2, 0.25) is 0 Å². The van der Waals surface area contributed by atoms with Crippen molar-refractivity contribution in [2.45, 2.75) is 13.8 Å². The van der Waals surface area contributed by atoms with Crippen molar-refractivity contribution in [3.8, 4) is 11.3 Å². The quantitative estimate of drug-likeness (QED) is 0.813. The van der Waals surface area contributed by atoms with E-state index in [0.29, 0.717) is 6.01 Å². The molecule has 0 radical (unpaired) electrons. The Bertz CT molecular complexity index is 474. The van der Waals surface area contributed by atoms with Gasteiger partial charge in [-0.2, -0.15) is 4.98 Å². The van der Waals surface area contributed by atoms with Crippen molar-refractivity contribution in [2.75, 3.05) is 12.4 Å². The molecule has 0 aliphatic carbocycles. The lowest BCUT2D eigenvalue weighted by Gasteiger charge is -2.01. The van der Waals surface area contributed by atoms with E-state index in [1.54, 1.807) is 13.3 Å². The lowest BCUT2D eigenvalue weighted by atomic mass is 10.1. The van der Waals surface area contributed by atoms with Crippen molar-refractivity contribution in [2.24, 2.45) is 0 Å². The van der Waals surface area contributed by atoms with Crippen LogP contribution in [0.25, 0.3) is 11.3 Å². The third kappa shape index (κ3) is 1.86. The molecule has 1 N–H and O–H groups in total. The van der Waals surface area contributed by atoms with Crippen molar-refractivity contribution in [1.82, 2.24) is 4.98 Å². The summed E-state index contributed by atoms with van der Waals surface area (Å²) in [7, 11) is 1.79. The second-order valence-corrected chi connectivity index (χ2v) is 3.59. The summed E-state index contributed by atoms with van der Waals surface area (Å²) in [4.78, 5) is 4.29. The lowest BCUT2D eigenvalue weighted by molar-refractivity contribution is 0.576. The maximum absolute atomic E-state index is 5.22. The molecular formula is C12H14N2O. The van der Waals surface area contributed by atoms with Crippen LogP contribution in [0, 0.1) is 13.8 Å². The third-order valence-corrected chi connectivity index (χ3v) is 2.52. The molecule has 0 saturated heterocycles. The number of oxazole rings is 1. The summed E-state index contributed by atoms with van der Waals surface area (Å²) in [6.07, 6.45) is 1.66. The maximum Gasteiger partial charge on any atom is 0.294 e. The van der Waals surface area contributed by atoms with Crippen molar-refractivity contribution in [3.05, 3.63) is 35.6 Å². The summed E-state index contributed by atoms with van der Waals surface area (Å²) < 4.78 is 5.22. The molecule has 0 aliphatic rings. The van der Waals surface area contributed by atoms with Gasteiger partial charge < -0.3 is 9.73 Å². The Balaban J connectivity index is 2.40. The van der Waals surface area contributed by atoms with E-state index in [4.69, 9.17) is 4.42 Å². The smallest absolute Gasteiger partial charge is 0.294 e. The fourth-order valence-electron chi connectivity index (χ4n) is 1.42. The van der Waals surface area contributed by atoms with Gasteiger partial charge in [-0.25, -0.2) is 0 Å². The van der Waals surface area contributed by atoms with Crippen LogP contribution in [0.2, 0.25) is 0 Å². The van der Waals surface area contributed by atoms with Crippen LogP contribution in [-0.2, 0) is 0 Å². The molecule has 3 heteroatoms. The molecule has 1 aromatic heterocycles. The normalized spacial score (nSPS) is 10.3. The van der Waals surface area contributed by atoms with E-state index in [9.17, 15) is 0 Å². The third-order valence-electron chi connectivity index (χ3n) is 2.52. The fraction of sp³-hybridized carbons (Fsp3) is 0.250. The number of benzene rings is 1. The van der Waals surface area contributed by atoms with E-state index in [-0.39, 0.29) is 0 Å². The van der Waals surface area contributed by atoms with Gasteiger partial charge in [-0.3, -0.25) is 0 Å².